The van der Waals surface area contributed by atoms with Crippen LogP contribution in [0.5, 0.6) is 11.5 Å². The number of fused-ring (bicyclic) bond motifs is 2. The molecule has 13 nitrogen and oxygen atoms in total. The van der Waals surface area contributed by atoms with Crippen LogP contribution in [-0.4, -0.2) is 64.4 Å². The van der Waals surface area contributed by atoms with E-state index in [1.807, 2.05) is 0 Å². The first-order chi connectivity index (χ1) is 24.6. The second-order valence-electron chi connectivity index (χ2n) is 11.5. The van der Waals surface area contributed by atoms with Crippen molar-refractivity contribution in [2.75, 3.05) is 30.0 Å². The third-order valence-corrected chi connectivity index (χ3v) is 10.9. The molecule has 0 bridgehead atoms. The molecule has 3 amide bonds. The molecular weight excluding hydrogens is 699 g/mol. The van der Waals surface area contributed by atoms with Gasteiger partial charge >= 0.3 is 16.8 Å². The fourth-order valence-electron chi connectivity index (χ4n) is 6.07. The molecule has 0 radical (unpaired) electrons. The number of carbonyl (C=O) groups excluding carboxylic acids is 5. The van der Waals surface area contributed by atoms with E-state index >= 15 is 0 Å². The Morgan fingerprint density at radius 3 is 2.06 bits per heavy atom. The molecule has 3 aromatic carbocycles. The molecule has 3 atom stereocenters. The number of benzene rings is 3. The van der Waals surface area contributed by atoms with Crippen molar-refractivity contribution in [3.63, 3.8) is 0 Å². The molecule has 2 aliphatic rings. The standard InChI is InChI=1S/C36H33N3O10S2/c1-4-47-25-17-21(11-16-24(25)40)27-28-29(32(43)39(31(28)42)23-14-9-20(10-15-23)35(45)49-6-3)50-33-30(27)51-36(46)38(33)18-26(41)37-22-12-7-19(8-13-22)34(44)48-5-2/h7-17,27-29,40H,4-6,18H2,1-3H3,(H,37,41). The van der Waals surface area contributed by atoms with E-state index in [0.717, 1.165) is 28.0 Å². The monoisotopic (exact) mass is 731 g/mol. The first-order valence-corrected chi connectivity index (χ1v) is 17.8. The smallest absolute Gasteiger partial charge is 0.338 e. The Hall–Kier alpha value is -5.41. The molecule has 3 unspecified atom stereocenters. The van der Waals surface area contributed by atoms with Crippen LogP contribution in [0.4, 0.5) is 11.4 Å². The predicted octanol–water partition coefficient (Wildman–Crippen LogP) is 4.80. The van der Waals surface area contributed by atoms with E-state index in [2.05, 4.69) is 5.32 Å². The summed E-state index contributed by atoms with van der Waals surface area (Å²) in [4.78, 5) is 80.5. The molecule has 2 aliphatic heterocycles. The van der Waals surface area contributed by atoms with Crippen LogP contribution in [0.3, 0.4) is 0 Å². The lowest BCUT2D eigenvalue weighted by atomic mass is 9.83. The number of nitrogens with one attached hydrogen (secondary N) is 1. The molecule has 0 spiro atoms. The largest absolute Gasteiger partial charge is 0.504 e. The first-order valence-electron chi connectivity index (χ1n) is 16.1. The Bertz CT molecular complexity index is 2070. The number of rotatable bonds is 11. The van der Waals surface area contributed by atoms with Crippen molar-refractivity contribution < 1.29 is 43.3 Å². The Morgan fingerprint density at radius 2 is 1.45 bits per heavy atom. The number of aromatic hydroxyl groups is 1. The van der Waals surface area contributed by atoms with Crippen LogP contribution >= 0.6 is 23.1 Å². The summed E-state index contributed by atoms with van der Waals surface area (Å²) < 4.78 is 17.0. The fraction of sp³-hybridized carbons (Fsp3) is 0.278. The minimum absolute atomic E-state index is 0.114. The van der Waals surface area contributed by atoms with Gasteiger partial charge in [-0.1, -0.05) is 29.2 Å². The van der Waals surface area contributed by atoms with Crippen LogP contribution in [0, 0.1) is 5.92 Å². The minimum Gasteiger partial charge on any atom is -0.504 e. The summed E-state index contributed by atoms with van der Waals surface area (Å²) in [6, 6.07) is 16.7. The summed E-state index contributed by atoms with van der Waals surface area (Å²) in [6.45, 7) is 5.43. The number of ether oxygens (including phenoxy) is 3. The maximum atomic E-state index is 14.3. The lowest BCUT2D eigenvalue weighted by Crippen LogP contribution is -2.33. The van der Waals surface area contributed by atoms with Gasteiger partial charge in [-0.15, -0.1) is 0 Å². The second-order valence-corrected chi connectivity index (χ2v) is 13.6. The number of hydrogen-bond donors (Lipinski definition) is 2. The van der Waals surface area contributed by atoms with Gasteiger partial charge < -0.3 is 24.6 Å². The van der Waals surface area contributed by atoms with Gasteiger partial charge in [-0.2, -0.15) is 0 Å². The van der Waals surface area contributed by atoms with E-state index < -0.39 is 51.6 Å². The highest BCUT2D eigenvalue weighted by Crippen LogP contribution is 2.54. The van der Waals surface area contributed by atoms with Crippen LogP contribution in [0.1, 0.15) is 57.8 Å². The molecule has 1 saturated heterocycles. The highest BCUT2D eigenvalue weighted by atomic mass is 32.2. The zero-order valence-corrected chi connectivity index (χ0v) is 29.4. The Labute approximate surface area is 300 Å². The summed E-state index contributed by atoms with van der Waals surface area (Å²) in [5.41, 5.74) is 1.77. The number of imide groups is 1. The molecule has 15 heteroatoms. The average molecular weight is 732 g/mol. The number of amides is 3. The SMILES string of the molecule is CCOC(=O)c1ccc(NC(=O)Cn2c3c(sc2=O)C(c2ccc(O)c(OCC)c2)C2C(=O)N(c4ccc(C(=O)OCC)cc4)C(=O)C2S3)cc1. The number of nitrogens with zero attached hydrogens (tertiary/aromatic N) is 2. The number of anilines is 2. The number of thioether (sulfide) groups is 1. The zero-order valence-electron chi connectivity index (χ0n) is 27.7. The van der Waals surface area contributed by atoms with Crippen molar-refractivity contribution in [2.24, 2.45) is 5.92 Å². The van der Waals surface area contributed by atoms with E-state index in [1.54, 1.807) is 45.0 Å². The maximum Gasteiger partial charge on any atom is 0.338 e. The number of aromatic nitrogens is 1. The van der Waals surface area contributed by atoms with Gasteiger partial charge in [0.15, 0.2) is 11.5 Å². The summed E-state index contributed by atoms with van der Waals surface area (Å²) in [6.07, 6.45) is 0. The van der Waals surface area contributed by atoms with Gasteiger partial charge in [-0.25, -0.2) is 14.5 Å². The van der Waals surface area contributed by atoms with Crippen LogP contribution in [0.25, 0.3) is 0 Å². The predicted molar refractivity (Wildman–Crippen MR) is 189 cm³/mol. The number of hydrogen-bond acceptors (Lipinski definition) is 12. The van der Waals surface area contributed by atoms with E-state index in [4.69, 9.17) is 14.2 Å². The van der Waals surface area contributed by atoms with Crippen molar-refractivity contribution >= 4 is 64.1 Å². The summed E-state index contributed by atoms with van der Waals surface area (Å²) in [5.74, 6) is -4.26. The quantitative estimate of drug-likeness (QED) is 0.160. The van der Waals surface area contributed by atoms with E-state index in [9.17, 15) is 33.9 Å². The van der Waals surface area contributed by atoms with Crippen LogP contribution in [0.15, 0.2) is 76.6 Å². The van der Waals surface area contributed by atoms with Crippen molar-refractivity contribution in [3.8, 4) is 11.5 Å². The van der Waals surface area contributed by atoms with E-state index in [-0.39, 0.29) is 49.1 Å². The number of phenolic OH excluding ortho intramolecular Hbond substituents is 1. The average Bonchev–Trinajstić information content (AvgIpc) is 3.56. The molecule has 3 heterocycles. The normalized spacial score (nSPS) is 17.8. The molecule has 6 rings (SSSR count). The molecule has 1 fully saturated rings. The van der Waals surface area contributed by atoms with Gasteiger partial charge in [0.2, 0.25) is 17.7 Å². The fourth-order valence-corrected chi connectivity index (χ4v) is 8.85. The Kier molecular flexibility index (Phi) is 10.3. The van der Waals surface area contributed by atoms with E-state index in [0.29, 0.717) is 26.7 Å². The van der Waals surface area contributed by atoms with Crippen molar-refractivity contribution in [3.05, 3.63) is 98.0 Å². The van der Waals surface area contributed by atoms with E-state index in [1.165, 1.54) is 47.0 Å². The van der Waals surface area contributed by atoms with Crippen LogP contribution in [-0.2, 0) is 30.4 Å². The topological polar surface area (TPSA) is 171 Å². The maximum absolute atomic E-state index is 14.3. The van der Waals surface area contributed by atoms with Gasteiger partial charge in [0, 0.05) is 16.5 Å². The lowest BCUT2D eigenvalue weighted by molar-refractivity contribution is -0.122. The molecule has 0 saturated carbocycles. The van der Waals surface area contributed by atoms with Gasteiger partial charge in [0.1, 0.15) is 11.8 Å². The number of phenols is 1. The molecule has 51 heavy (non-hydrogen) atoms. The Morgan fingerprint density at radius 1 is 0.824 bits per heavy atom. The summed E-state index contributed by atoms with van der Waals surface area (Å²) in [7, 11) is 0. The summed E-state index contributed by atoms with van der Waals surface area (Å²) in [5, 5.41) is 12.6. The zero-order chi connectivity index (χ0) is 36.4. The molecule has 264 valence electrons. The van der Waals surface area contributed by atoms with Crippen molar-refractivity contribution in [1.82, 2.24) is 4.57 Å². The number of thiazole rings is 1. The number of carbonyl (C=O) groups is 5. The highest BCUT2D eigenvalue weighted by Gasteiger charge is 2.57. The van der Waals surface area contributed by atoms with Crippen molar-refractivity contribution in [2.45, 2.75) is 43.5 Å². The molecular formula is C36H33N3O10S2. The summed E-state index contributed by atoms with van der Waals surface area (Å²) >= 11 is 1.93. The lowest BCUT2D eigenvalue weighted by Gasteiger charge is -2.31. The van der Waals surface area contributed by atoms with Gasteiger partial charge in [0.25, 0.3) is 0 Å². The minimum atomic E-state index is -0.970. The second kappa shape index (κ2) is 14.8. The third kappa shape index (κ3) is 6.86. The molecule has 2 N–H and O–H groups in total. The molecule has 0 aliphatic carbocycles. The number of esters is 2. The van der Waals surface area contributed by atoms with Crippen LogP contribution in [0.2, 0.25) is 0 Å². The van der Waals surface area contributed by atoms with Crippen LogP contribution < -0.4 is 19.8 Å². The van der Waals surface area contributed by atoms with Gasteiger partial charge in [-0.3, -0.25) is 23.7 Å². The highest BCUT2D eigenvalue weighted by molar-refractivity contribution is 8.00. The molecule has 1 aromatic heterocycles. The molecule has 4 aromatic rings. The van der Waals surface area contributed by atoms with Crippen molar-refractivity contribution in [1.29, 1.82) is 0 Å². The first kappa shape index (κ1) is 35.4. The van der Waals surface area contributed by atoms with Gasteiger partial charge in [-0.05, 0) is 87.0 Å². The van der Waals surface area contributed by atoms with Gasteiger partial charge in [0.05, 0.1) is 47.6 Å². The third-order valence-electron chi connectivity index (χ3n) is 8.31. The Balaban J connectivity index is 1.35.